The normalized spacial score (nSPS) is 28.9. The summed E-state index contributed by atoms with van der Waals surface area (Å²) in [6.45, 7) is 1.60. The van der Waals surface area contributed by atoms with Gasteiger partial charge in [-0.15, -0.1) is 0 Å². The molecule has 5 heteroatoms. The Kier molecular flexibility index (Phi) is 1.43. The second-order valence-corrected chi connectivity index (χ2v) is 2.60. The first-order chi connectivity index (χ1) is 5.38. The molecule has 11 heavy (non-hydrogen) atoms. The van der Waals surface area contributed by atoms with Crippen molar-refractivity contribution in [3.8, 4) is 0 Å². The van der Waals surface area contributed by atoms with Crippen LogP contribution in [0, 0.1) is 0 Å². The van der Waals surface area contributed by atoms with Crippen LogP contribution in [0.2, 0.25) is 0 Å². The average molecular weight is 154 g/mol. The molecule has 60 valence electrons. The fourth-order valence-electron chi connectivity index (χ4n) is 1.27. The van der Waals surface area contributed by atoms with Crippen LogP contribution in [0.25, 0.3) is 0 Å². The van der Waals surface area contributed by atoms with Crippen molar-refractivity contribution in [1.29, 1.82) is 0 Å². The smallest absolute Gasteiger partial charge is 0.336 e. The minimum absolute atomic E-state index is 0.0843. The first-order valence-electron chi connectivity index (χ1n) is 3.59. The van der Waals surface area contributed by atoms with Crippen LogP contribution >= 0.6 is 0 Å². The van der Waals surface area contributed by atoms with Crippen LogP contribution in [0.15, 0.2) is 12.4 Å². The summed E-state index contributed by atoms with van der Waals surface area (Å²) in [6.07, 6.45) is 3.53. The monoisotopic (exact) mass is 154 g/mol. The molecule has 1 unspecified atom stereocenters. The van der Waals surface area contributed by atoms with Crippen molar-refractivity contribution in [3.63, 3.8) is 0 Å². The fourth-order valence-corrected chi connectivity index (χ4v) is 1.27. The minimum atomic E-state index is -0.0843. The fraction of sp³-hybridized carbons (Fsp3) is 0.500. The largest absolute Gasteiger partial charge is 0.388 e. The number of fused-ring (bicyclic) bond motifs is 1. The van der Waals surface area contributed by atoms with E-state index in [1.54, 1.807) is 17.3 Å². The summed E-state index contributed by atoms with van der Waals surface area (Å²) in [5.74, 6) is 0. The van der Waals surface area contributed by atoms with E-state index >= 15 is 0 Å². The molecule has 2 amide bonds. The number of nitrogens with zero attached hydrogens (tertiary/aromatic N) is 1. The van der Waals surface area contributed by atoms with Gasteiger partial charge in [-0.25, -0.2) is 10.2 Å². The Morgan fingerprint density at radius 1 is 1.55 bits per heavy atom. The van der Waals surface area contributed by atoms with Gasteiger partial charge in [0.1, 0.15) is 0 Å². The van der Waals surface area contributed by atoms with Gasteiger partial charge in [-0.05, 0) is 0 Å². The van der Waals surface area contributed by atoms with Gasteiger partial charge in [0, 0.05) is 25.5 Å². The molecule has 2 heterocycles. The molecule has 1 fully saturated rings. The molecule has 0 aromatic carbocycles. The molecule has 0 radical (unpaired) electrons. The predicted molar refractivity (Wildman–Crippen MR) is 39.3 cm³/mol. The number of hydrazine groups is 1. The standard InChI is InChI=1S/C6H10N4O/c11-6-9-8-4-5-3-7-1-2-10(5)6/h1-2,5,7-8H,3-4H2,(H,9,11). The van der Waals surface area contributed by atoms with Crippen LogP contribution in [-0.2, 0) is 0 Å². The summed E-state index contributed by atoms with van der Waals surface area (Å²) in [7, 11) is 0. The quantitative estimate of drug-likeness (QED) is 0.417. The zero-order valence-electron chi connectivity index (χ0n) is 6.00. The van der Waals surface area contributed by atoms with Gasteiger partial charge in [0.05, 0.1) is 6.04 Å². The van der Waals surface area contributed by atoms with E-state index in [0.717, 1.165) is 13.1 Å². The maximum atomic E-state index is 11.1. The molecular formula is C6H10N4O. The van der Waals surface area contributed by atoms with Crippen molar-refractivity contribution in [2.24, 2.45) is 0 Å². The second kappa shape index (κ2) is 2.43. The SMILES string of the molecule is O=C1NNCC2CNC=CN12. The highest BCUT2D eigenvalue weighted by Gasteiger charge is 2.26. The van der Waals surface area contributed by atoms with E-state index in [1.165, 1.54) is 0 Å². The molecular weight excluding hydrogens is 144 g/mol. The summed E-state index contributed by atoms with van der Waals surface area (Å²) in [6, 6.07) is 0.160. The molecule has 0 aliphatic carbocycles. The summed E-state index contributed by atoms with van der Waals surface area (Å²) >= 11 is 0. The Bertz CT molecular complexity index is 203. The highest BCUT2D eigenvalue weighted by Crippen LogP contribution is 2.05. The second-order valence-electron chi connectivity index (χ2n) is 2.60. The van der Waals surface area contributed by atoms with Crippen LogP contribution < -0.4 is 16.2 Å². The van der Waals surface area contributed by atoms with E-state index in [1.807, 2.05) is 0 Å². The molecule has 3 N–H and O–H groups in total. The Morgan fingerprint density at radius 3 is 3.27 bits per heavy atom. The lowest BCUT2D eigenvalue weighted by Crippen LogP contribution is -2.62. The zero-order valence-corrected chi connectivity index (χ0v) is 6.00. The minimum Gasteiger partial charge on any atom is -0.388 e. The topological polar surface area (TPSA) is 56.4 Å². The van der Waals surface area contributed by atoms with Crippen molar-refractivity contribution >= 4 is 6.03 Å². The van der Waals surface area contributed by atoms with E-state index in [-0.39, 0.29) is 12.1 Å². The van der Waals surface area contributed by atoms with E-state index < -0.39 is 0 Å². The predicted octanol–water partition coefficient (Wildman–Crippen LogP) is -1.04. The molecule has 1 atom stereocenters. The average Bonchev–Trinajstić information content (AvgIpc) is 2.06. The number of carbonyl (C=O) groups is 1. The van der Waals surface area contributed by atoms with Gasteiger partial charge in [-0.3, -0.25) is 10.3 Å². The highest BCUT2D eigenvalue weighted by atomic mass is 16.2. The van der Waals surface area contributed by atoms with E-state index in [4.69, 9.17) is 0 Å². The number of hydrogen-bond acceptors (Lipinski definition) is 3. The number of amides is 2. The number of nitrogens with one attached hydrogen (secondary N) is 3. The van der Waals surface area contributed by atoms with Crippen molar-refractivity contribution in [2.45, 2.75) is 6.04 Å². The molecule has 0 saturated carbocycles. The molecule has 5 nitrogen and oxygen atoms in total. The first kappa shape index (κ1) is 6.48. The Balaban J connectivity index is 2.16. The van der Waals surface area contributed by atoms with Crippen LogP contribution in [0.1, 0.15) is 0 Å². The Hall–Kier alpha value is -1.23. The van der Waals surface area contributed by atoms with Crippen molar-refractivity contribution in [3.05, 3.63) is 12.4 Å². The summed E-state index contributed by atoms with van der Waals surface area (Å²) < 4.78 is 0. The van der Waals surface area contributed by atoms with Gasteiger partial charge in [-0.1, -0.05) is 0 Å². The van der Waals surface area contributed by atoms with Crippen LogP contribution in [-0.4, -0.2) is 30.1 Å². The Morgan fingerprint density at radius 2 is 2.45 bits per heavy atom. The molecule has 0 aromatic heterocycles. The van der Waals surface area contributed by atoms with Gasteiger partial charge in [0.25, 0.3) is 0 Å². The lowest BCUT2D eigenvalue weighted by atomic mass is 10.2. The molecule has 0 bridgehead atoms. The van der Waals surface area contributed by atoms with Gasteiger partial charge < -0.3 is 5.32 Å². The molecule has 2 aliphatic rings. The van der Waals surface area contributed by atoms with Crippen molar-refractivity contribution in [1.82, 2.24) is 21.1 Å². The van der Waals surface area contributed by atoms with Crippen LogP contribution in [0.5, 0.6) is 0 Å². The van der Waals surface area contributed by atoms with Gasteiger partial charge >= 0.3 is 6.03 Å². The maximum Gasteiger partial charge on any atom is 0.336 e. The third-order valence-electron chi connectivity index (χ3n) is 1.87. The third-order valence-corrected chi connectivity index (χ3v) is 1.87. The number of rotatable bonds is 0. The van der Waals surface area contributed by atoms with Gasteiger partial charge in [0.15, 0.2) is 0 Å². The summed E-state index contributed by atoms with van der Waals surface area (Å²) in [5.41, 5.74) is 5.36. The van der Waals surface area contributed by atoms with Crippen molar-refractivity contribution < 1.29 is 4.79 Å². The molecule has 0 aromatic rings. The van der Waals surface area contributed by atoms with Crippen LogP contribution in [0.3, 0.4) is 0 Å². The maximum absolute atomic E-state index is 11.1. The third kappa shape index (κ3) is 1.03. The van der Waals surface area contributed by atoms with E-state index in [2.05, 4.69) is 16.2 Å². The van der Waals surface area contributed by atoms with E-state index in [9.17, 15) is 4.79 Å². The van der Waals surface area contributed by atoms with Gasteiger partial charge in [-0.2, -0.15) is 0 Å². The number of urea groups is 1. The lowest BCUT2D eigenvalue weighted by Gasteiger charge is -2.36. The van der Waals surface area contributed by atoms with Crippen molar-refractivity contribution in [2.75, 3.05) is 13.1 Å². The highest BCUT2D eigenvalue weighted by molar-refractivity contribution is 5.76. The molecule has 2 rings (SSSR count). The summed E-state index contributed by atoms with van der Waals surface area (Å²) in [4.78, 5) is 12.8. The summed E-state index contributed by atoms with van der Waals surface area (Å²) in [5, 5.41) is 3.06. The Labute approximate surface area is 64.4 Å². The molecule has 0 spiro atoms. The molecule has 2 aliphatic heterocycles. The zero-order chi connectivity index (χ0) is 7.68. The lowest BCUT2D eigenvalue weighted by molar-refractivity contribution is 0.170. The van der Waals surface area contributed by atoms with Crippen LogP contribution in [0.4, 0.5) is 4.79 Å². The molecule has 1 saturated heterocycles. The number of carbonyl (C=O) groups excluding carboxylic acids is 1. The first-order valence-corrected chi connectivity index (χ1v) is 3.59. The van der Waals surface area contributed by atoms with Gasteiger partial charge in [0.2, 0.25) is 0 Å². The van der Waals surface area contributed by atoms with E-state index in [0.29, 0.717) is 0 Å². The number of hydrogen-bond donors (Lipinski definition) is 3.